The molecular weight excluding hydrogens is 209 g/mol. The van der Waals surface area contributed by atoms with Crippen LogP contribution in [-0.4, -0.2) is 16.4 Å². The van der Waals surface area contributed by atoms with E-state index < -0.39 is 18.1 Å². The van der Waals surface area contributed by atoms with Gasteiger partial charge in [-0.25, -0.2) is 4.68 Å². The van der Waals surface area contributed by atoms with Gasteiger partial charge in [-0.2, -0.15) is 18.3 Å². The zero-order chi connectivity index (χ0) is 10.9. The quantitative estimate of drug-likeness (QED) is 0.727. The predicted octanol–water partition coefficient (Wildman–Crippen LogP) is 2.60. The van der Waals surface area contributed by atoms with E-state index in [-0.39, 0.29) is 0 Å². The molecule has 1 aliphatic heterocycles. The van der Waals surface area contributed by atoms with Gasteiger partial charge in [0.25, 0.3) is 0 Å². The van der Waals surface area contributed by atoms with Gasteiger partial charge >= 0.3 is 6.18 Å². The minimum absolute atomic E-state index is 0.502. The van der Waals surface area contributed by atoms with Crippen LogP contribution < -0.4 is 0 Å². The Labute approximate surface area is 84.8 Å². The van der Waals surface area contributed by atoms with E-state index in [4.69, 9.17) is 4.74 Å². The number of ether oxygens (including phenoxy) is 1. The lowest BCUT2D eigenvalue weighted by atomic mass is 10.2. The van der Waals surface area contributed by atoms with E-state index >= 15 is 0 Å². The smallest absolute Gasteiger partial charge is 0.356 e. The molecule has 0 N–H and O–H groups in total. The highest BCUT2D eigenvalue weighted by molar-refractivity contribution is 5.05. The molecule has 0 aliphatic carbocycles. The standard InChI is InChI=1S/C9H11F3N2O/c10-9(11,12)7-4-5-13-14(7)8-3-1-2-6-15-8/h4-5,8H,1-3,6H2. The molecule has 0 bridgehead atoms. The van der Waals surface area contributed by atoms with Crippen LogP contribution in [-0.2, 0) is 10.9 Å². The molecule has 15 heavy (non-hydrogen) atoms. The molecule has 1 unspecified atom stereocenters. The van der Waals surface area contributed by atoms with Crippen LogP contribution in [0.5, 0.6) is 0 Å². The average molecular weight is 220 g/mol. The summed E-state index contributed by atoms with van der Waals surface area (Å²) in [6, 6.07) is 0.970. The number of hydrogen-bond acceptors (Lipinski definition) is 2. The highest BCUT2D eigenvalue weighted by Gasteiger charge is 2.36. The summed E-state index contributed by atoms with van der Waals surface area (Å²) in [5.41, 5.74) is -0.741. The van der Waals surface area contributed by atoms with E-state index in [2.05, 4.69) is 5.10 Å². The van der Waals surface area contributed by atoms with Crippen LogP contribution in [0.25, 0.3) is 0 Å². The van der Waals surface area contributed by atoms with Crippen molar-refractivity contribution >= 4 is 0 Å². The number of aromatic nitrogens is 2. The third kappa shape index (κ3) is 2.14. The second kappa shape index (κ2) is 3.84. The Morgan fingerprint density at radius 2 is 2.20 bits per heavy atom. The van der Waals surface area contributed by atoms with Crippen molar-refractivity contribution in [2.24, 2.45) is 0 Å². The summed E-state index contributed by atoms with van der Waals surface area (Å²) in [6.45, 7) is 0.502. The molecule has 0 radical (unpaired) electrons. The minimum atomic E-state index is -4.36. The van der Waals surface area contributed by atoms with Gasteiger partial charge in [0.15, 0.2) is 6.23 Å². The Bertz CT molecular complexity index is 328. The lowest BCUT2D eigenvalue weighted by molar-refractivity contribution is -0.152. The van der Waals surface area contributed by atoms with Crippen LogP contribution in [0.2, 0.25) is 0 Å². The lowest BCUT2D eigenvalue weighted by Crippen LogP contribution is -2.24. The molecule has 3 nitrogen and oxygen atoms in total. The highest BCUT2D eigenvalue weighted by atomic mass is 19.4. The Balaban J connectivity index is 2.24. The van der Waals surface area contributed by atoms with Gasteiger partial charge in [0.2, 0.25) is 0 Å². The molecule has 1 saturated heterocycles. The molecule has 1 atom stereocenters. The van der Waals surface area contributed by atoms with Crippen molar-refractivity contribution in [1.82, 2.24) is 9.78 Å². The van der Waals surface area contributed by atoms with Crippen LogP contribution in [0, 0.1) is 0 Å². The van der Waals surface area contributed by atoms with Crippen molar-refractivity contribution in [1.29, 1.82) is 0 Å². The Morgan fingerprint density at radius 1 is 1.40 bits per heavy atom. The fourth-order valence-corrected chi connectivity index (χ4v) is 1.68. The second-order valence-electron chi connectivity index (χ2n) is 3.48. The van der Waals surface area contributed by atoms with Crippen LogP contribution >= 0.6 is 0 Å². The first-order valence-corrected chi connectivity index (χ1v) is 4.81. The van der Waals surface area contributed by atoms with Gasteiger partial charge in [-0.1, -0.05) is 0 Å². The maximum atomic E-state index is 12.5. The number of alkyl halides is 3. The summed E-state index contributed by atoms with van der Waals surface area (Å²) >= 11 is 0. The molecule has 1 aromatic heterocycles. The predicted molar refractivity (Wildman–Crippen MR) is 46.1 cm³/mol. The number of nitrogens with zero attached hydrogens (tertiary/aromatic N) is 2. The van der Waals surface area contributed by atoms with E-state index in [0.717, 1.165) is 29.8 Å². The van der Waals surface area contributed by atoms with Crippen LogP contribution in [0.3, 0.4) is 0 Å². The summed E-state index contributed by atoms with van der Waals surface area (Å²) in [5.74, 6) is 0. The third-order valence-corrected chi connectivity index (χ3v) is 2.39. The second-order valence-corrected chi connectivity index (χ2v) is 3.48. The normalized spacial score (nSPS) is 23.0. The summed E-state index contributed by atoms with van der Waals surface area (Å²) in [5, 5.41) is 3.68. The SMILES string of the molecule is FC(F)(F)c1ccnn1C1CCCCO1. The maximum absolute atomic E-state index is 12.5. The fraction of sp³-hybridized carbons (Fsp3) is 0.667. The van der Waals surface area contributed by atoms with Crippen LogP contribution in [0.15, 0.2) is 12.3 Å². The van der Waals surface area contributed by atoms with Crippen LogP contribution in [0.1, 0.15) is 31.2 Å². The Morgan fingerprint density at radius 3 is 2.80 bits per heavy atom. The molecule has 2 rings (SSSR count). The zero-order valence-electron chi connectivity index (χ0n) is 8.00. The van der Waals surface area contributed by atoms with E-state index in [1.165, 1.54) is 0 Å². The van der Waals surface area contributed by atoms with E-state index in [1.807, 2.05) is 0 Å². The molecule has 0 saturated carbocycles. The molecule has 6 heteroatoms. The monoisotopic (exact) mass is 220 g/mol. The van der Waals surface area contributed by atoms with Gasteiger partial charge in [-0.3, -0.25) is 0 Å². The number of halogens is 3. The summed E-state index contributed by atoms with van der Waals surface area (Å²) in [4.78, 5) is 0. The fourth-order valence-electron chi connectivity index (χ4n) is 1.68. The van der Waals surface area contributed by atoms with Gasteiger partial charge in [0.1, 0.15) is 5.69 Å². The minimum Gasteiger partial charge on any atom is -0.356 e. The average Bonchev–Trinajstić information content (AvgIpc) is 2.67. The van der Waals surface area contributed by atoms with Gasteiger partial charge in [-0.15, -0.1) is 0 Å². The van der Waals surface area contributed by atoms with E-state index in [0.29, 0.717) is 13.0 Å². The van der Waals surface area contributed by atoms with Gasteiger partial charge in [0.05, 0.1) is 0 Å². The first-order valence-electron chi connectivity index (χ1n) is 4.81. The highest BCUT2D eigenvalue weighted by Crippen LogP contribution is 2.32. The van der Waals surface area contributed by atoms with Crippen molar-refractivity contribution in [3.63, 3.8) is 0 Å². The molecule has 0 amide bonds. The number of rotatable bonds is 1. The van der Waals surface area contributed by atoms with Crippen molar-refractivity contribution in [2.75, 3.05) is 6.61 Å². The van der Waals surface area contributed by atoms with Crippen molar-refractivity contribution in [3.05, 3.63) is 18.0 Å². The summed E-state index contributed by atoms with van der Waals surface area (Å²) in [6.07, 6.45) is -1.41. The first kappa shape index (κ1) is 10.5. The molecule has 1 aromatic rings. The van der Waals surface area contributed by atoms with E-state index in [9.17, 15) is 13.2 Å². The Kier molecular flexibility index (Phi) is 2.68. The third-order valence-electron chi connectivity index (χ3n) is 2.39. The molecule has 84 valence electrons. The largest absolute Gasteiger partial charge is 0.433 e. The lowest BCUT2D eigenvalue weighted by Gasteiger charge is -2.24. The van der Waals surface area contributed by atoms with E-state index in [1.54, 1.807) is 0 Å². The van der Waals surface area contributed by atoms with Crippen molar-refractivity contribution < 1.29 is 17.9 Å². The maximum Gasteiger partial charge on any atom is 0.433 e. The van der Waals surface area contributed by atoms with Gasteiger partial charge < -0.3 is 4.74 Å². The molecule has 0 spiro atoms. The van der Waals surface area contributed by atoms with Crippen molar-refractivity contribution in [3.8, 4) is 0 Å². The van der Waals surface area contributed by atoms with Crippen LogP contribution in [0.4, 0.5) is 13.2 Å². The van der Waals surface area contributed by atoms with Crippen molar-refractivity contribution in [2.45, 2.75) is 31.7 Å². The molecule has 1 fully saturated rings. The molecule has 0 aromatic carbocycles. The molecule has 2 heterocycles. The Hall–Kier alpha value is -1.04. The molecule has 1 aliphatic rings. The zero-order valence-corrected chi connectivity index (χ0v) is 8.00. The topological polar surface area (TPSA) is 27.1 Å². The number of hydrogen-bond donors (Lipinski definition) is 0. The van der Waals surface area contributed by atoms with Gasteiger partial charge in [-0.05, 0) is 25.3 Å². The summed E-state index contributed by atoms with van der Waals surface area (Å²) in [7, 11) is 0. The summed E-state index contributed by atoms with van der Waals surface area (Å²) < 4.78 is 43.7. The van der Waals surface area contributed by atoms with Gasteiger partial charge in [0, 0.05) is 12.8 Å². The molecular formula is C9H11F3N2O. The first-order chi connectivity index (χ1) is 7.09.